The summed E-state index contributed by atoms with van der Waals surface area (Å²) in [5, 5.41) is 0.765. The molecule has 3 aromatic rings. The number of thiophene rings is 1. The number of rotatable bonds is 4. The second kappa shape index (κ2) is 7.74. The first kappa shape index (κ1) is 21.5. The molecular weight excluding hydrogens is 465 g/mol. The number of hydrogen-bond acceptors (Lipinski definition) is 7. The zero-order chi connectivity index (χ0) is 22.6. The van der Waals surface area contributed by atoms with Crippen LogP contribution in [0.15, 0.2) is 16.9 Å². The third kappa shape index (κ3) is 3.62. The van der Waals surface area contributed by atoms with E-state index in [9.17, 15) is 19.2 Å². The van der Waals surface area contributed by atoms with Crippen LogP contribution in [0.4, 0.5) is 0 Å². The number of aromatic nitrogens is 2. The average Bonchev–Trinajstić information content (AvgIpc) is 3.11. The molecule has 1 aliphatic rings. The summed E-state index contributed by atoms with van der Waals surface area (Å²) in [4.78, 5) is 59.2. The molecule has 1 atom stereocenters. The van der Waals surface area contributed by atoms with E-state index in [-0.39, 0.29) is 32.6 Å². The van der Waals surface area contributed by atoms with Crippen LogP contribution in [0, 0.1) is 13.8 Å². The molecule has 0 spiro atoms. The second-order valence-corrected chi connectivity index (χ2v) is 9.07. The molecule has 31 heavy (non-hydrogen) atoms. The molecule has 2 amide bonds. The van der Waals surface area contributed by atoms with E-state index in [4.69, 9.17) is 27.9 Å². The van der Waals surface area contributed by atoms with E-state index in [2.05, 4.69) is 9.97 Å². The number of esters is 1. The van der Waals surface area contributed by atoms with Gasteiger partial charge in [0, 0.05) is 4.88 Å². The lowest BCUT2D eigenvalue weighted by Gasteiger charge is -2.16. The Kier molecular flexibility index (Phi) is 5.36. The first-order valence-electron chi connectivity index (χ1n) is 9.13. The van der Waals surface area contributed by atoms with Gasteiger partial charge in [0.15, 0.2) is 11.9 Å². The van der Waals surface area contributed by atoms with Crippen LogP contribution >= 0.6 is 34.5 Å². The van der Waals surface area contributed by atoms with Gasteiger partial charge in [-0.3, -0.25) is 24.1 Å². The molecule has 1 unspecified atom stereocenters. The minimum Gasteiger partial charge on any atom is -0.453 e. The van der Waals surface area contributed by atoms with Crippen molar-refractivity contribution in [3.63, 3.8) is 0 Å². The van der Waals surface area contributed by atoms with Gasteiger partial charge in [-0.05, 0) is 38.5 Å². The number of H-pyrrole nitrogens is 1. The number of carbonyl (C=O) groups is 3. The highest BCUT2D eigenvalue weighted by molar-refractivity contribution is 7.18. The number of hydrogen-bond donors (Lipinski definition) is 1. The van der Waals surface area contributed by atoms with Crippen LogP contribution in [0.25, 0.3) is 10.2 Å². The van der Waals surface area contributed by atoms with Crippen LogP contribution < -0.4 is 5.56 Å². The molecule has 0 fully saturated rings. The van der Waals surface area contributed by atoms with Gasteiger partial charge in [0.1, 0.15) is 11.4 Å². The monoisotopic (exact) mass is 479 g/mol. The topological polar surface area (TPSA) is 109 Å². The largest absolute Gasteiger partial charge is 0.453 e. The molecule has 2 aromatic heterocycles. The van der Waals surface area contributed by atoms with Crippen molar-refractivity contribution >= 4 is 62.5 Å². The van der Waals surface area contributed by atoms with Gasteiger partial charge in [-0.25, -0.2) is 4.98 Å². The normalized spacial score (nSPS) is 14.3. The van der Waals surface area contributed by atoms with Gasteiger partial charge in [-0.1, -0.05) is 23.2 Å². The molecule has 0 aliphatic carbocycles. The minimum atomic E-state index is -0.897. The van der Waals surface area contributed by atoms with Crippen LogP contribution in [0.3, 0.4) is 0 Å². The summed E-state index contributed by atoms with van der Waals surface area (Å²) in [5.74, 6) is -1.99. The predicted molar refractivity (Wildman–Crippen MR) is 116 cm³/mol. The van der Waals surface area contributed by atoms with E-state index in [0.717, 1.165) is 15.3 Å². The van der Waals surface area contributed by atoms with E-state index < -0.39 is 30.4 Å². The van der Waals surface area contributed by atoms with E-state index in [1.54, 1.807) is 0 Å². The van der Waals surface area contributed by atoms with E-state index >= 15 is 0 Å². The fraction of sp³-hybridized carbons (Fsp3) is 0.250. The average molecular weight is 480 g/mol. The number of aryl methyl sites for hydroxylation is 2. The summed E-state index contributed by atoms with van der Waals surface area (Å²) < 4.78 is 5.32. The highest BCUT2D eigenvalue weighted by Crippen LogP contribution is 2.32. The molecule has 3 heterocycles. The Morgan fingerprint density at radius 3 is 2.32 bits per heavy atom. The first-order chi connectivity index (χ1) is 14.6. The van der Waals surface area contributed by atoms with Crippen molar-refractivity contribution in [1.82, 2.24) is 14.9 Å². The molecule has 0 bridgehead atoms. The molecule has 11 heteroatoms. The maximum absolute atomic E-state index is 12.5. The number of benzene rings is 1. The Hall–Kier alpha value is -2.75. The Bertz CT molecular complexity index is 1310. The second-order valence-electron chi connectivity index (χ2n) is 7.06. The van der Waals surface area contributed by atoms with Crippen LogP contribution in [0.2, 0.25) is 10.0 Å². The van der Waals surface area contributed by atoms with Crippen molar-refractivity contribution in [1.29, 1.82) is 0 Å². The number of carbonyl (C=O) groups excluding carboxylic acids is 3. The minimum absolute atomic E-state index is 0.0696. The number of amides is 2. The molecule has 4 rings (SSSR count). The summed E-state index contributed by atoms with van der Waals surface area (Å²) in [6.07, 6.45) is -0.897. The molecule has 160 valence electrons. The summed E-state index contributed by atoms with van der Waals surface area (Å²) in [6, 6.07) is 2.59. The number of nitrogens with zero attached hydrogens (tertiary/aromatic N) is 2. The Labute approximate surface area is 189 Å². The van der Waals surface area contributed by atoms with E-state index in [1.165, 1.54) is 30.4 Å². The predicted octanol–water partition coefficient (Wildman–Crippen LogP) is 3.81. The van der Waals surface area contributed by atoms with E-state index in [1.807, 2.05) is 13.8 Å². The van der Waals surface area contributed by atoms with Crippen molar-refractivity contribution < 1.29 is 19.1 Å². The van der Waals surface area contributed by atoms with Crippen molar-refractivity contribution in [2.24, 2.45) is 0 Å². The van der Waals surface area contributed by atoms with Crippen molar-refractivity contribution in [3.8, 4) is 0 Å². The lowest BCUT2D eigenvalue weighted by atomic mass is 10.1. The van der Waals surface area contributed by atoms with Crippen molar-refractivity contribution in [2.75, 3.05) is 6.54 Å². The number of halogens is 2. The molecule has 1 N–H and O–H groups in total. The van der Waals surface area contributed by atoms with Gasteiger partial charge in [-0.2, -0.15) is 0 Å². The third-order valence-electron chi connectivity index (χ3n) is 5.05. The molecule has 0 saturated heterocycles. The fourth-order valence-electron chi connectivity index (χ4n) is 3.31. The highest BCUT2D eigenvalue weighted by atomic mass is 35.5. The maximum atomic E-state index is 12.5. The Morgan fingerprint density at radius 1 is 1.16 bits per heavy atom. The molecule has 1 aliphatic heterocycles. The summed E-state index contributed by atoms with van der Waals surface area (Å²) in [7, 11) is 0. The number of nitrogens with one attached hydrogen (secondary N) is 1. The van der Waals surface area contributed by atoms with Gasteiger partial charge in [0.05, 0.1) is 26.6 Å². The smallest absolute Gasteiger partial charge is 0.326 e. The standard InChI is InChI=1S/C20H15Cl2N3O5S/c1-7-9(3)31-18-15(7)17(27)23-16(24-18)8(2)30-14(26)6-25-19(28)10-4-12(21)13(22)5-11(10)20(25)29/h4-5,8H,6H2,1-3H3,(H,23,24,27). The van der Waals surface area contributed by atoms with Crippen molar-refractivity contribution in [3.05, 3.63) is 59.9 Å². The lowest BCUT2D eigenvalue weighted by Crippen LogP contribution is -2.36. The number of ether oxygens (including phenoxy) is 1. The van der Waals surface area contributed by atoms with Gasteiger partial charge in [0.2, 0.25) is 0 Å². The first-order valence-corrected chi connectivity index (χ1v) is 10.7. The van der Waals surface area contributed by atoms with Crippen LogP contribution in [0.5, 0.6) is 0 Å². The molecule has 0 radical (unpaired) electrons. The zero-order valence-electron chi connectivity index (χ0n) is 16.5. The number of imide groups is 1. The molecule has 0 saturated carbocycles. The van der Waals surface area contributed by atoms with Crippen LogP contribution in [-0.2, 0) is 9.53 Å². The summed E-state index contributed by atoms with van der Waals surface area (Å²) in [6.45, 7) is 4.68. The van der Waals surface area contributed by atoms with E-state index in [0.29, 0.717) is 10.2 Å². The van der Waals surface area contributed by atoms with Gasteiger partial charge in [0.25, 0.3) is 17.4 Å². The third-order valence-corrected chi connectivity index (χ3v) is 6.87. The lowest BCUT2D eigenvalue weighted by molar-refractivity contribution is -0.149. The van der Waals surface area contributed by atoms with Gasteiger partial charge >= 0.3 is 5.97 Å². The number of aromatic amines is 1. The molecular formula is C20H15Cl2N3O5S. The molecule has 8 nitrogen and oxygen atoms in total. The Morgan fingerprint density at radius 2 is 1.74 bits per heavy atom. The SMILES string of the molecule is Cc1sc2nc(C(C)OC(=O)CN3C(=O)c4cc(Cl)c(Cl)cc4C3=O)[nH]c(=O)c2c1C. The molecule has 1 aromatic carbocycles. The van der Waals surface area contributed by atoms with Crippen LogP contribution in [-0.4, -0.2) is 39.2 Å². The number of fused-ring (bicyclic) bond motifs is 2. The fourth-order valence-corrected chi connectivity index (χ4v) is 4.67. The van der Waals surface area contributed by atoms with Gasteiger partial charge in [-0.15, -0.1) is 11.3 Å². The summed E-state index contributed by atoms with van der Waals surface area (Å²) >= 11 is 13.2. The Balaban J connectivity index is 1.52. The maximum Gasteiger partial charge on any atom is 0.326 e. The zero-order valence-corrected chi connectivity index (χ0v) is 18.9. The van der Waals surface area contributed by atoms with Gasteiger partial charge < -0.3 is 9.72 Å². The van der Waals surface area contributed by atoms with Crippen molar-refractivity contribution in [2.45, 2.75) is 26.9 Å². The van der Waals surface area contributed by atoms with Crippen LogP contribution in [0.1, 0.15) is 50.0 Å². The quantitative estimate of drug-likeness (QED) is 0.449. The highest BCUT2D eigenvalue weighted by Gasteiger charge is 2.38. The summed E-state index contributed by atoms with van der Waals surface area (Å²) in [5.41, 5.74) is 0.676.